The van der Waals surface area contributed by atoms with Crippen molar-refractivity contribution in [3.05, 3.63) is 53.1 Å². The van der Waals surface area contributed by atoms with Gasteiger partial charge in [0.2, 0.25) is 17.6 Å². The van der Waals surface area contributed by atoms with E-state index in [4.69, 9.17) is 14.2 Å². The van der Waals surface area contributed by atoms with Crippen LogP contribution in [-0.2, 0) is 16.0 Å². The van der Waals surface area contributed by atoms with E-state index in [1.165, 1.54) is 34.4 Å². The van der Waals surface area contributed by atoms with Crippen LogP contribution in [0.5, 0.6) is 17.2 Å². The maximum absolute atomic E-state index is 13.6. The van der Waals surface area contributed by atoms with E-state index in [1.807, 2.05) is 0 Å². The summed E-state index contributed by atoms with van der Waals surface area (Å²) in [6, 6.07) is 5.32. The number of nitrogens with one attached hydrogen (secondary N) is 2. The first-order valence-electron chi connectivity index (χ1n) is 9.10. The molecule has 0 radical (unpaired) electrons. The molecule has 0 aromatic heterocycles. The quantitative estimate of drug-likeness (QED) is 0.649. The lowest BCUT2D eigenvalue weighted by Crippen LogP contribution is -2.39. The normalized spacial score (nSPS) is 11.4. The van der Waals surface area contributed by atoms with E-state index in [0.717, 1.165) is 12.1 Å². The standard InChI is InChI=1S/C21H24F2N2O5/c1-24-21(27)18(13-5-8-14(22)15(23)11-13)25-17(26)10-7-12-6-9-16(28-2)20(30-4)19(12)29-3/h5-6,8-9,11,18H,7,10H2,1-4H3,(H,24,27)(H,25,26). The average Bonchev–Trinajstić information content (AvgIpc) is 2.76. The molecule has 0 saturated heterocycles. The van der Waals surface area contributed by atoms with E-state index in [9.17, 15) is 18.4 Å². The highest BCUT2D eigenvalue weighted by molar-refractivity contribution is 5.88. The summed E-state index contributed by atoms with van der Waals surface area (Å²) in [5.41, 5.74) is 0.833. The number of aryl methyl sites for hydroxylation is 1. The predicted octanol–water partition coefficient (Wildman–Crippen LogP) is 2.53. The number of ether oxygens (including phenoxy) is 3. The van der Waals surface area contributed by atoms with Crippen molar-refractivity contribution in [2.45, 2.75) is 18.9 Å². The van der Waals surface area contributed by atoms with Crippen molar-refractivity contribution in [1.29, 1.82) is 0 Å². The SMILES string of the molecule is CNC(=O)C(NC(=O)CCc1ccc(OC)c(OC)c1OC)c1ccc(F)c(F)c1. The first kappa shape index (κ1) is 22.9. The largest absolute Gasteiger partial charge is 0.493 e. The average molecular weight is 422 g/mol. The minimum atomic E-state index is -1.16. The molecule has 0 fully saturated rings. The molecule has 0 aliphatic rings. The van der Waals surface area contributed by atoms with Crippen LogP contribution >= 0.6 is 0 Å². The van der Waals surface area contributed by atoms with Crippen LogP contribution in [0.3, 0.4) is 0 Å². The van der Waals surface area contributed by atoms with E-state index >= 15 is 0 Å². The first-order valence-corrected chi connectivity index (χ1v) is 9.10. The number of hydrogen-bond acceptors (Lipinski definition) is 5. The van der Waals surface area contributed by atoms with Crippen molar-refractivity contribution in [3.63, 3.8) is 0 Å². The summed E-state index contributed by atoms with van der Waals surface area (Å²) >= 11 is 0. The number of likely N-dealkylation sites (N-methyl/N-ethyl adjacent to an activating group) is 1. The smallest absolute Gasteiger partial charge is 0.246 e. The van der Waals surface area contributed by atoms with E-state index in [2.05, 4.69) is 10.6 Å². The van der Waals surface area contributed by atoms with E-state index in [1.54, 1.807) is 12.1 Å². The summed E-state index contributed by atoms with van der Waals surface area (Å²) in [6.07, 6.45) is 0.302. The van der Waals surface area contributed by atoms with Crippen molar-refractivity contribution >= 4 is 11.8 Å². The molecule has 2 aromatic carbocycles. The molecule has 2 aromatic rings. The van der Waals surface area contributed by atoms with Gasteiger partial charge >= 0.3 is 0 Å². The van der Waals surface area contributed by atoms with Crippen LogP contribution in [0.4, 0.5) is 8.78 Å². The highest BCUT2D eigenvalue weighted by Crippen LogP contribution is 2.40. The molecule has 7 nitrogen and oxygen atoms in total. The highest BCUT2D eigenvalue weighted by Gasteiger charge is 2.23. The molecule has 0 aliphatic carbocycles. The zero-order chi connectivity index (χ0) is 22.3. The number of benzene rings is 2. The molecule has 0 heterocycles. The van der Waals surface area contributed by atoms with Crippen molar-refractivity contribution in [1.82, 2.24) is 10.6 Å². The van der Waals surface area contributed by atoms with Gasteiger partial charge < -0.3 is 24.8 Å². The van der Waals surface area contributed by atoms with Crippen LogP contribution in [0.25, 0.3) is 0 Å². The Morgan fingerprint density at radius 1 is 0.967 bits per heavy atom. The number of amides is 2. The third-order valence-corrected chi connectivity index (χ3v) is 4.50. The predicted molar refractivity (Wildman–Crippen MR) is 106 cm³/mol. The topological polar surface area (TPSA) is 85.9 Å². The summed E-state index contributed by atoms with van der Waals surface area (Å²) in [6.45, 7) is 0. The maximum atomic E-state index is 13.6. The Morgan fingerprint density at radius 3 is 2.23 bits per heavy atom. The second-order valence-corrected chi connectivity index (χ2v) is 6.28. The van der Waals surface area contributed by atoms with Crippen LogP contribution in [0.15, 0.2) is 30.3 Å². The van der Waals surface area contributed by atoms with Crippen LogP contribution in [0.2, 0.25) is 0 Å². The third kappa shape index (κ3) is 5.16. The molecular weight excluding hydrogens is 398 g/mol. The summed E-state index contributed by atoms with van der Waals surface area (Å²) < 4.78 is 42.7. The van der Waals surface area contributed by atoms with Gasteiger partial charge in [-0.2, -0.15) is 0 Å². The Morgan fingerprint density at radius 2 is 1.67 bits per heavy atom. The van der Waals surface area contributed by atoms with E-state index in [-0.39, 0.29) is 18.4 Å². The zero-order valence-corrected chi connectivity index (χ0v) is 17.2. The number of carbonyl (C=O) groups excluding carboxylic acids is 2. The molecule has 1 atom stereocenters. The molecule has 0 aliphatic heterocycles. The van der Waals surface area contributed by atoms with Gasteiger partial charge in [0, 0.05) is 13.5 Å². The Balaban J connectivity index is 2.16. The molecule has 30 heavy (non-hydrogen) atoms. The lowest BCUT2D eigenvalue weighted by molar-refractivity contribution is -0.128. The van der Waals surface area contributed by atoms with Crippen molar-refractivity contribution in [2.75, 3.05) is 28.4 Å². The van der Waals surface area contributed by atoms with Crippen LogP contribution in [-0.4, -0.2) is 40.2 Å². The van der Waals surface area contributed by atoms with Gasteiger partial charge in [-0.15, -0.1) is 0 Å². The summed E-state index contributed by atoms with van der Waals surface area (Å²) in [7, 11) is 5.84. The van der Waals surface area contributed by atoms with Crippen LogP contribution < -0.4 is 24.8 Å². The number of rotatable bonds is 9. The minimum absolute atomic E-state index is 0.0169. The lowest BCUT2D eigenvalue weighted by Gasteiger charge is -2.19. The second-order valence-electron chi connectivity index (χ2n) is 6.28. The molecule has 0 saturated carbocycles. The van der Waals surface area contributed by atoms with E-state index < -0.39 is 29.5 Å². The van der Waals surface area contributed by atoms with Gasteiger partial charge in [-0.25, -0.2) is 8.78 Å². The monoisotopic (exact) mass is 422 g/mol. The molecule has 0 spiro atoms. The molecule has 162 valence electrons. The van der Waals surface area contributed by atoms with Gasteiger partial charge in [-0.1, -0.05) is 12.1 Å². The number of hydrogen-bond donors (Lipinski definition) is 2. The maximum Gasteiger partial charge on any atom is 0.246 e. The number of methoxy groups -OCH3 is 3. The summed E-state index contributed by atoms with van der Waals surface area (Å²) in [4.78, 5) is 24.7. The van der Waals surface area contributed by atoms with Crippen LogP contribution in [0, 0.1) is 11.6 Å². The molecule has 2 N–H and O–H groups in total. The first-order chi connectivity index (χ1) is 14.4. The zero-order valence-electron chi connectivity index (χ0n) is 17.2. The van der Waals surface area contributed by atoms with Gasteiger partial charge in [-0.05, 0) is 35.7 Å². The molecular formula is C21H24F2N2O5. The fraction of sp³-hybridized carbons (Fsp3) is 0.333. The lowest BCUT2D eigenvalue weighted by atomic mass is 10.0. The number of halogens is 2. The Hall–Kier alpha value is -3.36. The van der Waals surface area contributed by atoms with Crippen molar-refractivity contribution in [2.24, 2.45) is 0 Å². The summed E-state index contributed by atoms with van der Waals surface area (Å²) in [5, 5.41) is 4.96. The van der Waals surface area contributed by atoms with Crippen molar-refractivity contribution in [3.8, 4) is 17.2 Å². The van der Waals surface area contributed by atoms with Gasteiger partial charge in [-0.3, -0.25) is 9.59 Å². The Labute approximate surface area is 173 Å². The highest BCUT2D eigenvalue weighted by atomic mass is 19.2. The molecule has 1 unspecified atom stereocenters. The third-order valence-electron chi connectivity index (χ3n) is 4.50. The van der Waals surface area contributed by atoms with E-state index in [0.29, 0.717) is 22.8 Å². The van der Waals surface area contributed by atoms with Crippen molar-refractivity contribution < 1.29 is 32.6 Å². The molecule has 2 rings (SSSR count). The van der Waals surface area contributed by atoms with Gasteiger partial charge in [0.05, 0.1) is 21.3 Å². The Kier molecular flexibility index (Phi) is 7.97. The fourth-order valence-corrected chi connectivity index (χ4v) is 2.98. The molecule has 9 heteroatoms. The summed E-state index contributed by atoms with van der Waals surface area (Å²) in [5.74, 6) is -1.83. The number of carbonyl (C=O) groups is 2. The van der Waals surface area contributed by atoms with Gasteiger partial charge in [0.15, 0.2) is 23.1 Å². The fourth-order valence-electron chi connectivity index (χ4n) is 2.98. The van der Waals surface area contributed by atoms with Crippen LogP contribution in [0.1, 0.15) is 23.6 Å². The molecule has 0 bridgehead atoms. The minimum Gasteiger partial charge on any atom is -0.493 e. The molecule has 2 amide bonds. The Bertz CT molecular complexity index is 921. The second kappa shape index (κ2) is 10.4. The van der Waals surface area contributed by atoms with Gasteiger partial charge in [0.25, 0.3) is 0 Å². The van der Waals surface area contributed by atoms with Gasteiger partial charge in [0.1, 0.15) is 6.04 Å².